The molecule has 0 aromatic carbocycles. The van der Waals surface area contributed by atoms with Crippen molar-refractivity contribution in [1.82, 2.24) is 0 Å². The van der Waals surface area contributed by atoms with Gasteiger partial charge in [0.25, 0.3) is 0 Å². The Bertz CT molecular complexity index is 1080. The average Bonchev–Trinajstić information content (AvgIpc) is 3.25. The summed E-state index contributed by atoms with van der Waals surface area (Å²) in [5, 5.41) is 9.63. The number of unbranched alkanes of at least 4 members (excludes halogenated alkanes) is 26. The third-order valence-electron chi connectivity index (χ3n) is 11.0. The summed E-state index contributed by atoms with van der Waals surface area (Å²) in [5.74, 6) is -0.606. The van der Waals surface area contributed by atoms with Crippen LogP contribution >= 0.6 is 0 Å². The van der Waals surface area contributed by atoms with Gasteiger partial charge in [0, 0.05) is 12.8 Å². The minimum absolute atomic E-state index is 0.0754. The van der Waals surface area contributed by atoms with Crippen LogP contribution in [0.3, 0.4) is 0 Å². The molecule has 346 valence electrons. The van der Waals surface area contributed by atoms with Gasteiger partial charge in [-0.15, -0.1) is 0 Å². The predicted octanol–water partition coefficient (Wildman–Crippen LogP) is 16.9. The fraction of sp³-hybridized carbons (Fsp3) is 0.745. The molecule has 60 heavy (non-hydrogen) atoms. The van der Waals surface area contributed by atoms with E-state index in [0.29, 0.717) is 12.8 Å². The minimum atomic E-state index is -0.783. The molecule has 1 atom stereocenters. The Morgan fingerprint density at radius 2 is 0.667 bits per heavy atom. The van der Waals surface area contributed by atoms with Crippen molar-refractivity contribution >= 4 is 11.9 Å². The van der Waals surface area contributed by atoms with Crippen LogP contribution in [0.25, 0.3) is 0 Å². The summed E-state index contributed by atoms with van der Waals surface area (Å²) in [5.41, 5.74) is 0. The number of ether oxygens (including phenoxy) is 2. The third-order valence-corrected chi connectivity index (χ3v) is 11.0. The summed E-state index contributed by atoms with van der Waals surface area (Å²) in [4.78, 5) is 24.5. The monoisotopic (exact) mass is 837 g/mol. The van der Waals surface area contributed by atoms with Gasteiger partial charge in [0.05, 0.1) is 6.61 Å². The van der Waals surface area contributed by atoms with Crippen molar-refractivity contribution in [2.45, 2.75) is 251 Å². The molecule has 0 spiro atoms. The lowest BCUT2D eigenvalue weighted by atomic mass is 10.1. The number of hydrogen-bond donors (Lipinski definition) is 1. The zero-order chi connectivity index (χ0) is 43.5. The quantitative estimate of drug-likeness (QED) is 0.0376. The maximum absolute atomic E-state index is 12.3. The Kier molecular flexibility index (Phi) is 48.4. The maximum atomic E-state index is 12.3. The van der Waals surface area contributed by atoms with E-state index in [2.05, 4.69) is 86.8 Å². The molecule has 1 N–H and O–H groups in total. The first kappa shape index (κ1) is 57.3. The summed E-state index contributed by atoms with van der Waals surface area (Å²) < 4.78 is 10.7. The smallest absolute Gasteiger partial charge is 0.306 e. The molecular formula is C55H96O5. The number of carbonyl (C=O) groups is 2. The van der Waals surface area contributed by atoms with Crippen LogP contribution in [-0.4, -0.2) is 36.4 Å². The summed E-state index contributed by atoms with van der Waals surface area (Å²) in [7, 11) is 0. The normalized spacial score (nSPS) is 12.8. The summed E-state index contributed by atoms with van der Waals surface area (Å²) in [6, 6.07) is 0. The molecule has 0 aromatic heterocycles. The van der Waals surface area contributed by atoms with Crippen molar-refractivity contribution in [3.05, 3.63) is 72.9 Å². The number of aliphatic hydroxyl groups is 1. The van der Waals surface area contributed by atoms with Gasteiger partial charge in [-0.2, -0.15) is 0 Å². The summed E-state index contributed by atoms with van der Waals surface area (Å²) >= 11 is 0. The highest BCUT2D eigenvalue weighted by Crippen LogP contribution is 2.14. The number of rotatable bonds is 46. The molecule has 1 unspecified atom stereocenters. The van der Waals surface area contributed by atoms with E-state index in [1.165, 1.54) is 148 Å². The van der Waals surface area contributed by atoms with E-state index in [9.17, 15) is 14.7 Å². The Labute approximate surface area is 372 Å². The van der Waals surface area contributed by atoms with Gasteiger partial charge in [0.2, 0.25) is 0 Å². The van der Waals surface area contributed by atoms with Crippen molar-refractivity contribution < 1.29 is 24.2 Å². The van der Waals surface area contributed by atoms with E-state index < -0.39 is 6.10 Å². The lowest BCUT2D eigenvalue weighted by molar-refractivity contribution is -0.161. The fourth-order valence-electron chi connectivity index (χ4n) is 7.10. The first-order valence-electron chi connectivity index (χ1n) is 25.5. The van der Waals surface area contributed by atoms with Gasteiger partial charge in [-0.05, 0) is 89.9 Å². The highest BCUT2D eigenvalue weighted by atomic mass is 16.6. The molecule has 0 aromatic rings. The van der Waals surface area contributed by atoms with Gasteiger partial charge in [-0.3, -0.25) is 9.59 Å². The van der Waals surface area contributed by atoms with Crippen molar-refractivity contribution in [2.75, 3.05) is 13.2 Å². The van der Waals surface area contributed by atoms with Crippen molar-refractivity contribution in [3.63, 3.8) is 0 Å². The molecule has 0 saturated carbocycles. The third kappa shape index (κ3) is 48.0. The Morgan fingerprint density at radius 3 is 1.00 bits per heavy atom. The molecule has 0 radical (unpaired) electrons. The molecule has 5 nitrogen and oxygen atoms in total. The van der Waals surface area contributed by atoms with Crippen LogP contribution in [0, 0.1) is 0 Å². The van der Waals surface area contributed by atoms with Crippen LogP contribution in [0.4, 0.5) is 0 Å². The highest BCUT2D eigenvalue weighted by Gasteiger charge is 2.16. The lowest BCUT2D eigenvalue weighted by Crippen LogP contribution is -2.28. The molecular weight excluding hydrogens is 741 g/mol. The van der Waals surface area contributed by atoms with Gasteiger partial charge in [-0.1, -0.05) is 215 Å². The molecule has 0 saturated heterocycles. The van der Waals surface area contributed by atoms with Gasteiger partial charge < -0.3 is 14.6 Å². The molecule has 0 amide bonds. The van der Waals surface area contributed by atoms with Crippen molar-refractivity contribution in [1.29, 1.82) is 0 Å². The predicted molar refractivity (Wildman–Crippen MR) is 260 cm³/mol. The lowest BCUT2D eigenvalue weighted by Gasteiger charge is -2.15. The molecule has 5 heteroatoms. The summed E-state index contributed by atoms with van der Waals surface area (Å²) in [6.45, 7) is 4.12. The minimum Gasteiger partial charge on any atom is -0.462 e. The van der Waals surface area contributed by atoms with E-state index in [4.69, 9.17) is 9.47 Å². The maximum Gasteiger partial charge on any atom is 0.306 e. The number of esters is 2. The van der Waals surface area contributed by atoms with E-state index in [1.807, 2.05) is 0 Å². The molecule has 0 aliphatic rings. The van der Waals surface area contributed by atoms with Crippen LogP contribution in [0.2, 0.25) is 0 Å². The fourth-order valence-corrected chi connectivity index (χ4v) is 7.10. The van der Waals surface area contributed by atoms with E-state index in [1.54, 1.807) is 0 Å². The van der Waals surface area contributed by atoms with Gasteiger partial charge >= 0.3 is 11.9 Å². The van der Waals surface area contributed by atoms with Crippen LogP contribution in [0.15, 0.2) is 72.9 Å². The second kappa shape index (κ2) is 50.7. The molecule has 0 rings (SSSR count). The van der Waals surface area contributed by atoms with Gasteiger partial charge in [0.15, 0.2) is 6.10 Å². The first-order valence-corrected chi connectivity index (χ1v) is 25.5. The van der Waals surface area contributed by atoms with E-state index in [-0.39, 0.29) is 25.2 Å². The largest absolute Gasteiger partial charge is 0.462 e. The van der Waals surface area contributed by atoms with Crippen LogP contribution in [-0.2, 0) is 19.1 Å². The zero-order valence-electron chi connectivity index (χ0n) is 39.5. The Hall–Kier alpha value is -2.66. The van der Waals surface area contributed by atoms with Crippen molar-refractivity contribution in [3.8, 4) is 0 Å². The first-order chi connectivity index (χ1) is 29.6. The number of hydrogen-bond acceptors (Lipinski definition) is 5. The Morgan fingerprint density at radius 1 is 0.383 bits per heavy atom. The van der Waals surface area contributed by atoms with Crippen LogP contribution in [0.5, 0.6) is 0 Å². The highest BCUT2D eigenvalue weighted by molar-refractivity contribution is 5.70. The van der Waals surface area contributed by atoms with Gasteiger partial charge in [0.1, 0.15) is 6.61 Å². The molecule has 0 heterocycles. The van der Waals surface area contributed by atoms with E-state index in [0.717, 1.165) is 70.6 Å². The second-order valence-electron chi connectivity index (χ2n) is 16.9. The van der Waals surface area contributed by atoms with Crippen molar-refractivity contribution in [2.24, 2.45) is 0 Å². The second-order valence-corrected chi connectivity index (χ2v) is 16.9. The summed E-state index contributed by atoms with van der Waals surface area (Å²) in [6.07, 6.45) is 68.4. The van der Waals surface area contributed by atoms with Gasteiger partial charge in [-0.25, -0.2) is 0 Å². The molecule has 0 aliphatic carbocycles. The standard InChI is InChI=1S/C55H96O5/c1-3-5-7-9-11-13-15-17-19-21-23-25-27-29-31-33-35-37-39-41-43-45-47-49-54(57)59-52-53(51-56)60-55(58)50-48-46-44-42-40-38-36-34-32-30-28-26-24-22-20-18-16-14-12-10-8-6-4-2/h15-18,21-24,27-30,53,56H,3-14,19-20,25-26,31-52H2,1-2H3/b17-15-,18-16-,23-21-,24-22-,29-27-,30-28-. The molecule has 0 aliphatic heterocycles. The number of allylic oxidation sites excluding steroid dienone is 12. The molecule has 0 bridgehead atoms. The number of aliphatic hydroxyl groups excluding tert-OH is 1. The average molecular weight is 837 g/mol. The zero-order valence-corrected chi connectivity index (χ0v) is 39.5. The Balaban J connectivity index is 3.56. The van der Waals surface area contributed by atoms with Crippen LogP contribution in [0.1, 0.15) is 245 Å². The van der Waals surface area contributed by atoms with E-state index >= 15 is 0 Å². The van der Waals surface area contributed by atoms with Crippen LogP contribution < -0.4 is 0 Å². The topological polar surface area (TPSA) is 72.8 Å². The SMILES string of the molecule is CCCCCCC/C=C\C/C=C\C/C=C\CCCCCCCCCCC(=O)OCC(CO)OC(=O)CCCCCCCCCC/C=C\C/C=C\C/C=C\CCCCCCC. The number of carbonyl (C=O) groups excluding carboxylic acids is 2. The molecule has 0 fully saturated rings.